The molecule has 12 heteroatoms. The highest BCUT2D eigenvalue weighted by Gasteiger charge is 2.33. The molecule has 0 aromatic heterocycles. The van der Waals surface area contributed by atoms with E-state index in [1.165, 1.54) is 24.3 Å². The summed E-state index contributed by atoms with van der Waals surface area (Å²) in [7, 11) is 0. The molecule has 3 aromatic carbocycles. The van der Waals surface area contributed by atoms with Crippen molar-refractivity contribution in [3.8, 4) is 17.2 Å². The van der Waals surface area contributed by atoms with E-state index < -0.39 is 24.8 Å². The van der Waals surface area contributed by atoms with Crippen LogP contribution in [0.3, 0.4) is 0 Å². The van der Waals surface area contributed by atoms with Crippen molar-refractivity contribution in [3.63, 3.8) is 0 Å². The Bertz CT molecular complexity index is 1390. The molecule has 4 rings (SSSR count). The number of thiocarbonyl (C=S) groups is 1. The lowest BCUT2D eigenvalue weighted by Crippen LogP contribution is -2.33. The standard InChI is InChI=1S/C27H20F3NO6S2/c28-27(29,30)37-20-9-6-18(7-10-20)16-35-21-11-8-19(12-22(21)36-15-17-4-2-1-3-5-17)13-23-25(34)31(14-24(32)33)26(38)39-23/h1-13H,14-16H2,(H,32,33)/b23-13+. The number of rotatable bonds is 10. The summed E-state index contributed by atoms with van der Waals surface area (Å²) in [4.78, 5) is 25.0. The molecule has 1 heterocycles. The van der Waals surface area contributed by atoms with Gasteiger partial charge in [0.1, 0.15) is 29.8 Å². The van der Waals surface area contributed by atoms with E-state index in [-0.39, 0.29) is 28.2 Å². The van der Waals surface area contributed by atoms with Crippen LogP contribution in [0.2, 0.25) is 0 Å². The predicted octanol–water partition coefficient (Wildman–Crippen LogP) is 6.03. The SMILES string of the molecule is O=C(O)CN1C(=O)/C(=C\c2ccc(OCc3ccc(OC(F)(F)F)cc3)c(OCc3ccccc3)c2)SC1=S. The summed E-state index contributed by atoms with van der Waals surface area (Å²) in [5, 5.41) is 9.03. The third-order valence-electron chi connectivity index (χ3n) is 5.22. The first kappa shape index (κ1) is 28.0. The van der Waals surface area contributed by atoms with Gasteiger partial charge in [0.2, 0.25) is 0 Å². The maximum atomic E-state index is 12.6. The van der Waals surface area contributed by atoms with Crippen LogP contribution >= 0.6 is 24.0 Å². The van der Waals surface area contributed by atoms with E-state index in [1.54, 1.807) is 24.3 Å². The normalized spacial score (nSPS) is 14.5. The van der Waals surface area contributed by atoms with E-state index in [1.807, 2.05) is 30.3 Å². The number of hydrogen-bond acceptors (Lipinski definition) is 7. The number of benzene rings is 3. The number of alkyl halides is 3. The summed E-state index contributed by atoms with van der Waals surface area (Å²) in [6.07, 6.45) is -3.19. The van der Waals surface area contributed by atoms with Gasteiger partial charge in [0.25, 0.3) is 5.91 Å². The summed E-state index contributed by atoms with van der Waals surface area (Å²) in [5.74, 6) is -1.27. The summed E-state index contributed by atoms with van der Waals surface area (Å²) in [6.45, 7) is -0.254. The fourth-order valence-corrected chi connectivity index (χ4v) is 4.71. The highest BCUT2D eigenvalue weighted by Crippen LogP contribution is 2.35. The topological polar surface area (TPSA) is 85.3 Å². The second kappa shape index (κ2) is 12.2. The minimum absolute atomic E-state index is 0.0428. The maximum absolute atomic E-state index is 12.6. The van der Waals surface area contributed by atoms with Crippen LogP contribution in [0.25, 0.3) is 6.08 Å². The second-order valence-electron chi connectivity index (χ2n) is 8.12. The molecule has 39 heavy (non-hydrogen) atoms. The number of carbonyl (C=O) groups is 2. The van der Waals surface area contributed by atoms with Gasteiger partial charge in [-0.1, -0.05) is 72.5 Å². The van der Waals surface area contributed by atoms with Crippen LogP contribution in [0.1, 0.15) is 16.7 Å². The molecule has 202 valence electrons. The minimum atomic E-state index is -4.78. The van der Waals surface area contributed by atoms with Crippen molar-refractivity contribution in [3.05, 3.63) is 94.4 Å². The number of thioether (sulfide) groups is 1. The molecule has 7 nitrogen and oxygen atoms in total. The lowest BCUT2D eigenvalue weighted by atomic mass is 10.1. The zero-order valence-electron chi connectivity index (χ0n) is 20.0. The van der Waals surface area contributed by atoms with Crippen LogP contribution in [0.4, 0.5) is 13.2 Å². The van der Waals surface area contributed by atoms with Gasteiger partial charge in [0, 0.05) is 0 Å². The number of carbonyl (C=O) groups excluding carboxylic acids is 1. The van der Waals surface area contributed by atoms with Gasteiger partial charge in [-0.3, -0.25) is 14.5 Å². The van der Waals surface area contributed by atoms with Gasteiger partial charge >= 0.3 is 12.3 Å². The summed E-state index contributed by atoms with van der Waals surface area (Å²) in [6, 6.07) is 19.7. The molecular formula is C27H20F3NO6S2. The average molecular weight is 576 g/mol. The molecule has 0 aliphatic carbocycles. The Labute approximate surface area is 230 Å². The zero-order valence-corrected chi connectivity index (χ0v) is 21.6. The van der Waals surface area contributed by atoms with Crippen molar-refractivity contribution >= 4 is 46.3 Å². The highest BCUT2D eigenvalue weighted by atomic mass is 32.2. The number of amides is 1. The Balaban J connectivity index is 1.53. The maximum Gasteiger partial charge on any atom is 0.573 e. The molecule has 1 aliphatic heterocycles. The molecule has 0 radical (unpaired) electrons. The molecule has 0 bridgehead atoms. The molecule has 1 fully saturated rings. The molecule has 1 saturated heterocycles. The van der Waals surface area contributed by atoms with Crippen molar-refractivity contribution in [2.45, 2.75) is 19.6 Å². The van der Waals surface area contributed by atoms with E-state index in [0.717, 1.165) is 22.2 Å². The number of hydrogen-bond donors (Lipinski definition) is 1. The molecule has 0 spiro atoms. The first-order chi connectivity index (χ1) is 18.6. The smallest absolute Gasteiger partial charge is 0.485 e. The Kier molecular flexibility index (Phi) is 8.77. The molecule has 1 N–H and O–H groups in total. The fraction of sp³-hybridized carbons (Fsp3) is 0.148. The molecule has 0 atom stereocenters. The third kappa shape index (κ3) is 7.98. The molecular weight excluding hydrogens is 555 g/mol. The molecule has 0 saturated carbocycles. The van der Waals surface area contributed by atoms with Gasteiger partial charge in [-0.05, 0) is 47.0 Å². The predicted molar refractivity (Wildman–Crippen MR) is 142 cm³/mol. The van der Waals surface area contributed by atoms with Crippen molar-refractivity contribution in [1.29, 1.82) is 0 Å². The third-order valence-corrected chi connectivity index (χ3v) is 6.60. The van der Waals surface area contributed by atoms with E-state index in [2.05, 4.69) is 4.74 Å². The first-order valence-electron chi connectivity index (χ1n) is 11.3. The van der Waals surface area contributed by atoms with E-state index in [0.29, 0.717) is 22.6 Å². The number of halogens is 3. The number of carboxylic acid groups (broad SMARTS) is 1. The van der Waals surface area contributed by atoms with Gasteiger partial charge in [-0.2, -0.15) is 0 Å². The lowest BCUT2D eigenvalue weighted by Gasteiger charge is -2.14. The van der Waals surface area contributed by atoms with Crippen molar-refractivity contribution in [2.75, 3.05) is 6.54 Å². The number of nitrogens with zero attached hydrogens (tertiary/aromatic N) is 1. The van der Waals surface area contributed by atoms with Gasteiger partial charge in [0.15, 0.2) is 11.5 Å². The summed E-state index contributed by atoms with van der Waals surface area (Å²) >= 11 is 6.15. The quantitative estimate of drug-likeness (QED) is 0.232. The highest BCUT2D eigenvalue weighted by molar-refractivity contribution is 8.26. The van der Waals surface area contributed by atoms with E-state index >= 15 is 0 Å². The van der Waals surface area contributed by atoms with Crippen LogP contribution < -0.4 is 14.2 Å². The van der Waals surface area contributed by atoms with Crippen molar-refractivity contribution < 1.29 is 42.1 Å². The van der Waals surface area contributed by atoms with Crippen LogP contribution in [-0.2, 0) is 22.8 Å². The van der Waals surface area contributed by atoms with Crippen LogP contribution in [-0.4, -0.2) is 39.1 Å². The molecule has 1 amide bonds. The summed E-state index contributed by atoms with van der Waals surface area (Å²) < 4.78 is 53.2. The largest absolute Gasteiger partial charge is 0.573 e. The second-order valence-corrected chi connectivity index (χ2v) is 9.80. The number of ether oxygens (including phenoxy) is 3. The first-order valence-corrected chi connectivity index (χ1v) is 12.6. The Hall–Kier alpha value is -4.03. The van der Waals surface area contributed by atoms with Crippen LogP contribution in [0, 0.1) is 0 Å². The molecule has 0 unspecified atom stereocenters. The van der Waals surface area contributed by atoms with Gasteiger partial charge in [-0.15, -0.1) is 13.2 Å². The van der Waals surface area contributed by atoms with E-state index in [9.17, 15) is 22.8 Å². The zero-order chi connectivity index (χ0) is 28.0. The Morgan fingerprint density at radius 2 is 1.59 bits per heavy atom. The van der Waals surface area contributed by atoms with Gasteiger partial charge in [-0.25, -0.2) is 0 Å². The molecule has 3 aromatic rings. The van der Waals surface area contributed by atoms with Crippen molar-refractivity contribution in [1.82, 2.24) is 4.90 Å². The van der Waals surface area contributed by atoms with E-state index in [4.69, 9.17) is 26.8 Å². The average Bonchev–Trinajstić information content (AvgIpc) is 3.14. The number of aliphatic carboxylic acids is 1. The van der Waals surface area contributed by atoms with Gasteiger partial charge < -0.3 is 19.3 Å². The molecule has 1 aliphatic rings. The Morgan fingerprint density at radius 3 is 2.23 bits per heavy atom. The van der Waals surface area contributed by atoms with Crippen molar-refractivity contribution in [2.24, 2.45) is 0 Å². The van der Waals surface area contributed by atoms with Gasteiger partial charge in [0.05, 0.1) is 4.91 Å². The fourth-order valence-electron chi connectivity index (χ4n) is 3.45. The van der Waals surface area contributed by atoms with Crippen LogP contribution in [0.5, 0.6) is 17.2 Å². The van der Waals surface area contributed by atoms with Crippen LogP contribution in [0.15, 0.2) is 77.7 Å². The lowest BCUT2D eigenvalue weighted by molar-refractivity contribution is -0.274. The minimum Gasteiger partial charge on any atom is -0.485 e. The summed E-state index contributed by atoms with van der Waals surface area (Å²) in [5.41, 5.74) is 2.10. The number of carboxylic acids is 1. The Morgan fingerprint density at radius 1 is 0.949 bits per heavy atom. The monoisotopic (exact) mass is 575 g/mol.